The Morgan fingerprint density at radius 2 is 2.09 bits per heavy atom. The van der Waals surface area contributed by atoms with Crippen LogP contribution in [0, 0.1) is 18.7 Å². The zero-order valence-electron chi connectivity index (χ0n) is 14.4. The third kappa shape index (κ3) is 5.41. The summed E-state index contributed by atoms with van der Waals surface area (Å²) >= 11 is 0. The number of carbonyl (C=O) groups is 1. The predicted octanol–water partition coefficient (Wildman–Crippen LogP) is 4.24. The molecule has 0 radical (unpaired) electrons. The molecule has 128 valence electrons. The van der Waals surface area contributed by atoms with E-state index in [1.807, 2.05) is 33.8 Å². The van der Waals surface area contributed by atoms with Gasteiger partial charge in [-0.1, -0.05) is 12.5 Å². The molecule has 1 amide bonds. The van der Waals surface area contributed by atoms with Crippen molar-refractivity contribution in [3.63, 3.8) is 0 Å². The fraction of sp³-hybridized carbons (Fsp3) is 0.611. The largest absolute Gasteiger partial charge is 0.444 e. The minimum atomic E-state index is -0.498. The second kappa shape index (κ2) is 7.20. The van der Waals surface area contributed by atoms with Gasteiger partial charge in [0.15, 0.2) is 0 Å². The number of alkyl carbamates (subject to hydrolysis) is 1. The van der Waals surface area contributed by atoms with Gasteiger partial charge < -0.3 is 15.4 Å². The zero-order chi connectivity index (χ0) is 17.0. The molecule has 0 aromatic heterocycles. The maximum absolute atomic E-state index is 13.9. The van der Waals surface area contributed by atoms with Crippen LogP contribution >= 0.6 is 0 Å². The molecule has 1 saturated carbocycles. The van der Waals surface area contributed by atoms with E-state index in [0.29, 0.717) is 12.2 Å². The van der Waals surface area contributed by atoms with Crippen molar-refractivity contribution in [2.45, 2.75) is 58.6 Å². The van der Waals surface area contributed by atoms with Crippen LogP contribution in [0.5, 0.6) is 0 Å². The summed E-state index contributed by atoms with van der Waals surface area (Å²) < 4.78 is 19.2. The predicted molar refractivity (Wildman–Crippen MR) is 90.1 cm³/mol. The van der Waals surface area contributed by atoms with Crippen molar-refractivity contribution < 1.29 is 13.9 Å². The molecular weight excluding hydrogens is 295 g/mol. The summed E-state index contributed by atoms with van der Waals surface area (Å²) in [5.41, 5.74) is 1.07. The first-order valence-electron chi connectivity index (χ1n) is 8.24. The molecule has 5 heteroatoms. The van der Waals surface area contributed by atoms with Crippen molar-refractivity contribution in [2.24, 2.45) is 5.92 Å². The second-order valence-electron chi connectivity index (χ2n) is 7.31. The van der Waals surface area contributed by atoms with Gasteiger partial charge in [0, 0.05) is 12.6 Å². The number of carbonyl (C=O) groups excluding carboxylic acids is 1. The fourth-order valence-electron chi connectivity index (χ4n) is 2.95. The van der Waals surface area contributed by atoms with Crippen LogP contribution in [0.1, 0.15) is 45.6 Å². The molecule has 2 atom stereocenters. The molecule has 0 saturated heterocycles. The lowest BCUT2D eigenvalue weighted by molar-refractivity contribution is 0.0519. The normalized spacial score (nSPS) is 21.1. The maximum Gasteiger partial charge on any atom is 0.407 e. The van der Waals surface area contributed by atoms with Gasteiger partial charge in [0.05, 0.1) is 5.69 Å². The Morgan fingerprint density at radius 1 is 1.35 bits per heavy atom. The van der Waals surface area contributed by atoms with Crippen LogP contribution in [-0.4, -0.2) is 24.3 Å². The Kier molecular flexibility index (Phi) is 5.50. The number of hydrogen-bond acceptors (Lipinski definition) is 3. The Labute approximate surface area is 137 Å². The van der Waals surface area contributed by atoms with Gasteiger partial charge in [-0.05, 0) is 64.2 Å². The van der Waals surface area contributed by atoms with E-state index in [1.54, 1.807) is 6.07 Å². The lowest BCUT2D eigenvalue weighted by atomic mass is 10.0. The molecule has 2 unspecified atom stereocenters. The number of amides is 1. The summed E-state index contributed by atoms with van der Waals surface area (Å²) in [6, 6.07) is 5.24. The first kappa shape index (κ1) is 17.6. The number of benzene rings is 1. The van der Waals surface area contributed by atoms with E-state index >= 15 is 0 Å². The summed E-state index contributed by atoms with van der Waals surface area (Å²) in [4.78, 5) is 11.8. The fourth-order valence-corrected chi connectivity index (χ4v) is 2.95. The number of aryl methyl sites for hydroxylation is 1. The topological polar surface area (TPSA) is 50.4 Å². The number of halogens is 1. The minimum absolute atomic E-state index is 0.168. The van der Waals surface area contributed by atoms with Gasteiger partial charge in [-0.15, -0.1) is 0 Å². The molecule has 1 aromatic rings. The highest BCUT2D eigenvalue weighted by Crippen LogP contribution is 2.29. The molecule has 0 bridgehead atoms. The van der Waals surface area contributed by atoms with Gasteiger partial charge in [0.25, 0.3) is 0 Å². The third-order valence-corrected chi connectivity index (χ3v) is 4.03. The van der Waals surface area contributed by atoms with Crippen LogP contribution in [0.4, 0.5) is 14.9 Å². The molecule has 1 aromatic carbocycles. The van der Waals surface area contributed by atoms with Crippen LogP contribution in [0.3, 0.4) is 0 Å². The summed E-state index contributed by atoms with van der Waals surface area (Å²) in [6.07, 6.45) is 2.67. The number of nitrogens with one attached hydrogen (secondary N) is 2. The minimum Gasteiger partial charge on any atom is -0.444 e. The molecule has 1 fully saturated rings. The van der Waals surface area contributed by atoms with E-state index < -0.39 is 11.7 Å². The summed E-state index contributed by atoms with van der Waals surface area (Å²) in [6.45, 7) is 8.01. The van der Waals surface area contributed by atoms with Crippen molar-refractivity contribution in [1.29, 1.82) is 0 Å². The highest BCUT2D eigenvalue weighted by Gasteiger charge is 2.28. The Balaban J connectivity index is 1.90. The Bertz CT molecular complexity index is 554. The summed E-state index contributed by atoms with van der Waals surface area (Å²) in [5, 5.41) is 6.13. The van der Waals surface area contributed by atoms with Crippen molar-refractivity contribution in [3.8, 4) is 0 Å². The maximum atomic E-state index is 13.9. The van der Waals surface area contributed by atoms with Crippen LogP contribution in [0.2, 0.25) is 0 Å². The van der Waals surface area contributed by atoms with Crippen LogP contribution in [0.25, 0.3) is 0 Å². The lowest BCUT2D eigenvalue weighted by Crippen LogP contribution is -2.38. The molecule has 1 aliphatic rings. The van der Waals surface area contributed by atoms with Crippen LogP contribution in [-0.2, 0) is 4.74 Å². The molecule has 1 aliphatic carbocycles. The number of hydrogen-bond donors (Lipinski definition) is 2. The standard InChI is InChI=1S/C18H27FN2O2/c1-12-8-9-14(19)16(10-12)21-15-7-5-6-13(15)11-20-17(22)23-18(2,3)4/h8-10,13,15,21H,5-7,11H2,1-4H3,(H,20,22). The molecule has 0 spiro atoms. The first-order chi connectivity index (χ1) is 10.7. The number of ether oxygens (including phenoxy) is 1. The second-order valence-corrected chi connectivity index (χ2v) is 7.31. The van der Waals surface area contributed by atoms with E-state index in [1.165, 1.54) is 6.07 Å². The van der Waals surface area contributed by atoms with E-state index in [4.69, 9.17) is 4.74 Å². The van der Waals surface area contributed by atoms with Crippen molar-refractivity contribution >= 4 is 11.8 Å². The van der Waals surface area contributed by atoms with Gasteiger partial charge in [0.2, 0.25) is 0 Å². The van der Waals surface area contributed by atoms with Crippen molar-refractivity contribution in [1.82, 2.24) is 5.32 Å². The van der Waals surface area contributed by atoms with Crippen LogP contribution < -0.4 is 10.6 Å². The molecule has 0 aliphatic heterocycles. The van der Waals surface area contributed by atoms with Gasteiger partial charge in [-0.3, -0.25) is 0 Å². The summed E-state index contributed by atoms with van der Waals surface area (Å²) in [5.74, 6) is 0.0452. The average molecular weight is 322 g/mol. The molecule has 0 heterocycles. The number of rotatable bonds is 4. The molecule has 23 heavy (non-hydrogen) atoms. The molecule has 2 rings (SSSR count). The highest BCUT2D eigenvalue weighted by molar-refractivity contribution is 5.67. The van der Waals surface area contributed by atoms with E-state index in [-0.39, 0.29) is 17.8 Å². The van der Waals surface area contributed by atoms with Gasteiger partial charge in [-0.2, -0.15) is 0 Å². The van der Waals surface area contributed by atoms with E-state index in [2.05, 4.69) is 10.6 Å². The van der Waals surface area contributed by atoms with E-state index in [9.17, 15) is 9.18 Å². The third-order valence-electron chi connectivity index (χ3n) is 4.03. The van der Waals surface area contributed by atoms with Crippen molar-refractivity contribution in [3.05, 3.63) is 29.6 Å². The van der Waals surface area contributed by atoms with Gasteiger partial charge in [0.1, 0.15) is 11.4 Å². The van der Waals surface area contributed by atoms with Gasteiger partial charge >= 0.3 is 6.09 Å². The summed E-state index contributed by atoms with van der Waals surface area (Å²) in [7, 11) is 0. The monoisotopic (exact) mass is 322 g/mol. The van der Waals surface area contributed by atoms with Crippen molar-refractivity contribution in [2.75, 3.05) is 11.9 Å². The van der Waals surface area contributed by atoms with Gasteiger partial charge in [-0.25, -0.2) is 9.18 Å². The smallest absolute Gasteiger partial charge is 0.407 e. The zero-order valence-corrected chi connectivity index (χ0v) is 14.4. The highest BCUT2D eigenvalue weighted by atomic mass is 19.1. The lowest BCUT2D eigenvalue weighted by Gasteiger charge is -2.24. The number of anilines is 1. The first-order valence-corrected chi connectivity index (χ1v) is 8.24. The average Bonchev–Trinajstić information content (AvgIpc) is 2.86. The molecule has 2 N–H and O–H groups in total. The Hall–Kier alpha value is -1.78. The molecule has 4 nitrogen and oxygen atoms in total. The SMILES string of the molecule is Cc1ccc(F)c(NC2CCCC2CNC(=O)OC(C)(C)C)c1. The van der Waals surface area contributed by atoms with E-state index in [0.717, 1.165) is 24.8 Å². The Morgan fingerprint density at radius 3 is 2.78 bits per heavy atom. The van der Waals surface area contributed by atoms with Crippen LogP contribution in [0.15, 0.2) is 18.2 Å². The quantitative estimate of drug-likeness (QED) is 0.872. The molecular formula is C18H27FN2O2.